The number of hydrogen-bond donors (Lipinski definition) is 0. The Morgan fingerprint density at radius 3 is 2.94 bits per heavy atom. The lowest BCUT2D eigenvalue weighted by Gasteiger charge is -2.07. The van der Waals surface area contributed by atoms with Crippen LogP contribution in [0, 0.1) is 17.0 Å². The van der Waals surface area contributed by atoms with Crippen molar-refractivity contribution in [3.05, 3.63) is 43.9 Å². The van der Waals surface area contributed by atoms with E-state index in [-0.39, 0.29) is 18.0 Å². The molecule has 0 N–H and O–H groups in total. The van der Waals surface area contributed by atoms with Crippen molar-refractivity contribution in [1.82, 2.24) is 9.59 Å². The maximum atomic E-state index is 10.9. The van der Waals surface area contributed by atoms with E-state index in [2.05, 4.69) is 9.59 Å². The van der Waals surface area contributed by atoms with Gasteiger partial charge in [-0.05, 0) is 12.5 Å². The van der Waals surface area contributed by atoms with Crippen LogP contribution in [0.4, 0.5) is 5.69 Å². The van der Waals surface area contributed by atoms with Gasteiger partial charge < -0.3 is 4.74 Å². The van der Waals surface area contributed by atoms with Crippen LogP contribution < -0.4 is 4.74 Å². The standard InChI is InChI=1S/C10H8ClN3O3S/c1-6-3-2-4-8(14(15)16)9(6)17-5-7-10(11)18-13-12-7/h2-4H,5H2,1H3. The van der Waals surface area contributed by atoms with Gasteiger partial charge in [0.2, 0.25) is 0 Å². The Morgan fingerprint density at radius 1 is 1.56 bits per heavy atom. The highest BCUT2D eigenvalue weighted by Gasteiger charge is 2.18. The molecule has 0 atom stereocenters. The molecule has 1 aromatic heterocycles. The first-order valence-electron chi connectivity index (χ1n) is 4.93. The van der Waals surface area contributed by atoms with Crippen LogP contribution in [0.3, 0.4) is 0 Å². The molecule has 0 aliphatic carbocycles. The van der Waals surface area contributed by atoms with E-state index in [1.807, 2.05) is 0 Å². The third-order valence-corrected chi connectivity index (χ3v) is 3.23. The van der Waals surface area contributed by atoms with Gasteiger partial charge in [-0.3, -0.25) is 10.1 Å². The van der Waals surface area contributed by atoms with Crippen molar-refractivity contribution >= 4 is 28.8 Å². The van der Waals surface area contributed by atoms with E-state index in [0.29, 0.717) is 15.6 Å². The summed E-state index contributed by atoms with van der Waals surface area (Å²) >= 11 is 6.87. The summed E-state index contributed by atoms with van der Waals surface area (Å²) in [5.41, 5.74) is 1.08. The molecule has 0 fully saturated rings. The van der Waals surface area contributed by atoms with E-state index in [1.165, 1.54) is 6.07 Å². The van der Waals surface area contributed by atoms with E-state index in [9.17, 15) is 10.1 Å². The van der Waals surface area contributed by atoms with Crippen LogP contribution in [0.1, 0.15) is 11.3 Å². The molecule has 2 rings (SSSR count). The SMILES string of the molecule is Cc1cccc([N+](=O)[O-])c1OCc1nnsc1Cl. The Morgan fingerprint density at radius 2 is 2.33 bits per heavy atom. The number of rotatable bonds is 4. The van der Waals surface area contributed by atoms with Crippen molar-refractivity contribution in [2.24, 2.45) is 0 Å². The number of nitrogens with zero attached hydrogens (tertiary/aromatic N) is 3. The zero-order chi connectivity index (χ0) is 13.1. The van der Waals surface area contributed by atoms with Gasteiger partial charge in [-0.25, -0.2) is 0 Å². The van der Waals surface area contributed by atoms with Crippen LogP contribution in [-0.2, 0) is 6.61 Å². The van der Waals surface area contributed by atoms with Gasteiger partial charge in [0.05, 0.1) is 4.92 Å². The third kappa shape index (κ3) is 2.57. The molecule has 18 heavy (non-hydrogen) atoms. The summed E-state index contributed by atoms with van der Waals surface area (Å²) in [7, 11) is 0. The lowest BCUT2D eigenvalue weighted by Crippen LogP contribution is -2.01. The lowest BCUT2D eigenvalue weighted by molar-refractivity contribution is -0.386. The maximum Gasteiger partial charge on any atom is 0.311 e. The Balaban J connectivity index is 2.24. The summed E-state index contributed by atoms with van der Waals surface area (Å²) in [5, 5.41) is 14.7. The molecule has 0 aliphatic heterocycles. The highest BCUT2D eigenvalue weighted by Crippen LogP contribution is 2.31. The van der Waals surface area contributed by atoms with Crippen molar-refractivity contribution in [1.29, 1.82) is 0 Å². The van der Waals surface area contributed by atoms with Crippen molar-refractivity contribution in [2.45, 2.75) is 13.5 Å². The second-order valence-electron chi connectivity index (χ2n) is 3.46. The van der Waals surface area contributed by atoms with Crippen LogP contribution in [0.5, 0.6) is 5.75 Å². The predicted molar refractivity (Wildman–Crippen MR) is 67.1 cm³/mol. The summed E-state index contributed by atoms with van der Waals surface area (Å²) < 4.78 is 9.51. The van der Waals surface area contributed by atoms with E-state index in [1.54, 1.807) is 19.1 Å². The fraction of sp³-hybridized carbons (Fsp3) is 0.200. The fourth-order valence-corrected chi connectivity index (χ4v) is 1.99. The van der Waals surface area contributed by atoms with Crippen LogP contribution in [0.25, 0.3) is 0 Å². The number of hydrogen-bond acceptors (Lipinski definition) is 6. The molecule has 0 bridgehead atoms. The van der Waals surface area contributed by atoms with E-state index in [0.717, 1.165) is 11.5 Å². The second kappa shape index (κ2) is 5.28. The molecule has 94 valence electrons. The summed E-state index contributed by atoms with van der Waals surface area (Å²) in [6.45, 7) is 1.80. The minimum absolute atomic E-state index is 0.0566. The number of aryl methyl sites for hydroxylation is 1. The monoisotopic (exact) mass is 285 g/mol. The number of nitro groups is 1. The van der Waals surface area contributed by atoms with Crippen molar-refractivity contribution in [3.63, 3.8) is 0 Å². The average Bonchev–Trinajstić information content (AvgIpc) is 2.73. The van der Waals surface area contributed by atoms with Gasteiger partial charge in [0.15, 0.2) is 5.75 Å². The van der Waals surface area contributed by atoms with Crippen molar-refractivity contribution in [3.8, 4) is 5.75 Å². The molecule has 0 unspecified atom stereocenters. The topological polar surface area (TPSA) is 78.2 Å². The molecule has 2 aromatic rings. The average molecular weight is 286 g/mol. The summed E-state index contributed by atoms with van der Waals surface area (Å²) in [6, 6.07) is 4.74. The van der Waals surface area contributed by atoms with Crippen molar-refractivity contribution in [2.75, 3.05) is 0 Å². The minimum atomic E-state index is -0.483. The summed E-state index contributed by atoms with van der Waals surface area (Å²) in [5.74, 6) is 0.228. The molecule has 8 heteroatoms. The first-order chi connectivity index (χ1) is 8.59. The molecule has 0 spiro atoms. The van der Waals surface area contributed by atoms with Gasteiger partial charge in [-0.15, -0.1) is 5.10 Å². The molecule has 0 saturated heterocycles. The zero-order valence-corrected chi connectivity index (χ0v) is 10.9. The molecule has 0 amide bonds. The predicted octanol–water partition coefficient (Wildman–Crippen LogP) is 2.99. The van der Waals surface area contributed by atoms with Crippen LogP contribution in [-0.4, -0.2) is 14.5 Å². The van der Waals surface area contributed by atoms with Crippen LogP contribution >= 0.6 is 23.1 Å². The van der Waals surface area contributed by atoms with Gasteiger partial charge in [0.1, 0.15) is 16.6 Å². The number of ether oxygens (including phenoxy) is 1. The highest BCUT2D eigenvalue weighted by atomic mass is 35.5. The Kier molecular flexibility index (Phi) is 3.73. The number of halogens is 1. The molecular formula is C10H8ClN3O3S. The smallest absolute Gasteiger partial charge is 0.311 e. The zero-order valence-electron chi connectivity index (χ0n) is 9.29. The first kappa shape index (κ1) is 12.7. The summed E-state index contributed by atoms with van der Waals surface area (Å²) in [4.78, 5) is 10.4. The number of benzene rings is 1. The van der Waals surface area contributed by atoms with Gasteiger partial charge in [0, 0.05) is 17.6 Å². The number of aromatic nitrogens is 2. The highest BCUT2D eigenvalue weighted by molar-refractivity contribution is 7.10. The third-order valence-electron chi connectivity index (χ3n) is 2.25. The molecular weight excluding hydrogens is 278 g/mol. The fourth-order valence-electron chi connectivity index (χ4n) is 1.39. The molecule has 1 aromatic carbocycles. The van der Waals surface area contributed by atoms with E-state index in [4.69, 9.17) is 16.3 Å². The van der Waals surface area contributed by atoms with Gasteiger partial charge in [-0.2, -0.15) is 0 Å². The summed E-state index contributed by atoms with van der Waals surface area (Å²) in [6.07, 6.45) is 0. The van der Waals surface area contributed by atoms with Crippen molar-refractivity contribution < 1.29 is 9.66 Å². The van der Waals surface area contributed by atoms with Gasteiger partial charge >= 0.3 is 5.69 Å². The number of para-hydroxylation sites is 1. The molecule has 6 nitrogen and oxygen atoms in total. The Bertz CT molecular complexity index is 587. The molecule has 1 heterocycles. The molecule has 0 saturated carbocycles. The number of nitro benzene ring substituents is 1. The molecule has 0 aliphatic rings. The normalized spacial score (nSPS) is 10.3. The quantitative estimate of drug-likeness (QED) is 0.637. The molecule has 0 radical (unpaired) electrons. The minimum Gasteiger partial charge on any atom is -0.480 e. The van der Waals surface area contributed by atoms with Crippen LogP contribution in [0.2, 0.25) is 4.34 Å². The maximum absolute atomic E-state index is 10.9. The lowest BCUT2D eigenvalue weighted by atomic mass is 10.2. The Labute approximate surface area is 111 Å². The van der Waals surface area contributed by atoms with Gasteiger partial charge in [0.25, 0.3) is 0 Å². The Hall–Kier alpha value is -1.73. The van der Waals surface area contributed by atoms with E-state index >= 15 is 0 Å². The largest absolute Gasteiger partial charge is 0.480 e. The van der Waals surface area contributed by atoms with E-state index < -0.39 is 4.92 Å². The van der Waals surface area contributed by atoms with Gasteiger partial charge in [-0.1, -0.05) is 28.2 Å². The first-order valence-corrected chi connectivity index (χ1v) is 6.08. The second-order valence-corrected chi connectivity index (χ2v) is 4.82. The van der Waals surface area contributed by atoms with Crippen LogP contribution in [0.15, 0.2) is 18.2 Å².